The Balaban J connectivity index is 1.05. The fraction of sp³-hybridized carbons (Fsp3) is 0.325. The molecule has 0 bridgehead atoms. The summed E-state index contributed by atoms with van der Waals surface area (Å²) in [4.78, 5) is 11.0. The van der Waals surface area contributed by atoms with Gasteiger partial charge in [-0.05, 0) is 184 Å². The third-order valence-electron chi connectivity index (χ3n) is 21.9. The van der Waals surface area contributed by atoms with E-state index in [4.69, 9.17) is 0 Å². The van der Waals surface area contributed by atoms with Gasteiger partial charge >= 0.3 is 0 Å². The summed E-state index contributed by atoms with van der Waals surface area (Å²) in [5, 5.41) is 0. The number of para-hydroxylation sites is 2. The highest BCUT2D eigenvalue weighted by Gasteiger charge is 2.63. The monoisotopic (exact) mass is 1110 g/mol. The van der Waals surface area contributed by atoms with Crippen LogP contribution in [0.4, 0.5) is 56.9 Å². The third-order valence-corrected chi connectivity index (χ3v) is 21.9. The van der Waals surface area contributed by atoms with Gasteiger partial charge in [0.25, 0.3) is 6.71 Å². The molecule has 9 aromatic carbocycles. The van der Waals surface area contributed by atoms with Crippen LogP contribution in [0.2, 0.25) is 0 Å². The van der Waals surface area contributed by atoms with Gasteiger partial charge in [-0.1, -0.05) is 221 Å². The Labute approximate surface area is 507 Å². The molecule has 0 N–H and O–H groups in total. The van der Waals surface area contributed by atoms with Crippen molar-refractivity contribution < 1.29 is 0 Å². The van der Waals surface area contributed by atoms with Crippen molar-refractivity contribution in [2.24, 2.45) is 0 Å². The molecule has 0 spiro atoms. The largest absolute Gasteiger partial charge is 0.334 e. The molecule has 6 aliphatic rings. The lowest BCUT2D eigenvalue weighted by molar-refractivity contribution is 0.215. The highest BCUT2D eigenvalue weighted by molar-refractivity contribution is 7.00. The Bertz CT molecular complexity index is 4110. The minimum absolute atomic E-state index is 0.00478. The van der Waals surface area contributed by atoms with Crippen molar-refractivity contribution in [1.29, 1.82) is 0 Å². The molecule has 4 aliphatic heterocycles. The number of anilines is 10. The first-order valence-electron chi connectivity index (χ1n) is 32.0. The molecule has 15 rings (SSSR count). The molecule has 0 radical (unpaired) electrons. The topological polar surface area (TPSA) is 13.0 Å². The Hall–Kier alpha value is -7.76. The van der Waals surface area contributed by atoms with E-state index in [1.807, 2.05) is 0 Å². The van der Waals surface area contributed by atoms with Gasteiger partial charge in [-0.3, -0.25) is 0 Å². The molecular weight excluding hydrogens is 1030 g/mol. The summed E-state index contributed by atoms with van der Waals surface area (Å²) in [5.74, 6) is 0. The zero-order valence-corrected chi connectivity index (χ0v) is 52.2. The van der Waals surface area contributed by atoms with Crippen LogP contribution in [0.25, 0.3) is 0 Å². The second-order valence-electron chi connectivity index (χ2n) is 29.6. The van der Waals surface area contributed by atoms with Crippen LogP contribution in [0.5, 0.6) is 0 Å². The summed E-state index contributed by atoms with van der Waals surface area (Å²) in [6.45, 7) is 26.3. The fourth-order valence-corrected chi connectivity index (χ4v) is 17.7. The number of hydrogen-bond acceptors (Lipinski definition) is 4. The van der Waals surface area contributed by atoms with Crippen molar-refractivity contribution in [2.75, 3.05) is 19.6 Å². The molecule has 4 heterocycles. The van der Waals surface area contributed by atoms with Crippen LogP contribution in [0.15, 0.2) is 206 Å². The van der Waals surface area contributed by atoms with Crippen molar-refractivity contribution >= 4 is 80.0 Å². The Morgan fingerprint density at radius 2 is 0.800 bits per heavy atom. The van der Waals surface area contributed by atoms with Crippen LogP contribution in [-0.4, -0.2) is 17.8 Å². The summed E-state index contributed by atoms with van der Waals surface area (Å²) in [6, 6.07) is 81.6. The molecule has 0 amide bonds. The van der Waals surface area contributed by atoms with Gasteiger partial charge in [0.2, 0.25) is 0 Å². The lowest BCUT2D eigenvalue weighted by Crippen LogP contribution is -2.62. The first kappa shape index (κ1) is 53.9. The molecule has 0 saturated heterocycles. The van der Waals surface area contributed by atoms with E-state index in [2.05, 4.69) is 302 Å². The van der Waals surface area contributed by atoms with Gasteiger partial charge in [-0.15, -0.1) is 0 Å². The van der Waals surface area contributed by atoms with Crippen molar-refractivity contribution in [3.05, 3.63) is 245 Å². The van der Waals surface area contributed by atoms with Crippen molar-refractivity contribution in [1.82, 2.24) is 0 Å². The number of benzene rings is 9. The van der Waals surface area contributed by atoms with Crippen LogP contribution in [0.3, 0.4) is 0 Å². The lowest BCUT2D eigenvalue weighted by atomic mass is 9.33. The first-order chi connectivity index (χ1) is 40.8. The van der Waals surface area contributed by atoms with E-state index in [1.54, 1.807) is 0 Å². The number of rotatable bonds is 6. The number of hydrogen-bond donors (Lipinski definition) is 0. The molecule has 4 atom stereocenters. The van der Waals surface area contributed by atoms with Crippen LogP contribution < -0.4 is 36.0 Å². The van der Waals surface area contributed by atoms with E-state index in [-0.39, 0.29) is 44.9 Å². The molecule has 2 aliphatic carbocycles. The molecule has 5 heteroatoms. The third kappa shape index (κ3) is 7.66. The predicted octanol–water partition coefficient (Wildman–Crippen LogP) is 19.2. The lowest BCUT2D eigenvalue weighted by Gasteiger charge is -2.53. The molecule has 9 aromatic rings. The molecule has 4 nitrogen and oxygen atoms in total. The smallest absolute Gasteiger partial charge is 0.252 e. The molecule has 0 aromatic heterocycles. The highest BCUT2D eigenvalue weighted by atomic mass is 15.3. The van der Waals surface area contributed by atoms with Crippen LogP contribution in [-0.2, 0) is 27.1 Å². The normalized spacial score (nSPS) is 22.9. The van der Waals surface area contributed by atoms with E-state index in [9.17, 15) is 0 Å². The van der Waals surface area contributed by atoms with Gasteiger partial charge in [0.05, 0.1) is 11.1 Å². The predicted molar refractivity (Wildman–Crippen MR) is 362 cm³/mol. The summed E-state index contributed by atoms with van der Waals surface area (Å²) < 4.78 is 0. The molecule has 85 heavy (non-hydrogen) atoms. The Kier molecular flexibility index (Phi) is 12.0. The maximum Gasteiger partial charge on any atom is 0.252 e. The standard InChI is InChI=1S/C80H83BN4/c1-74(2,3)54-37-40-59(41-38-54)82-69-44-42-61(84-67-35-20-18-33-63(67)79(55-27-14-12-15-28-55)47-24-22-45-77(79,84)10)51-66(69)81-65-43-39-58(76(7,8)9)50-70(65)83(60-32-26-31-57(49-60)75(4,5)6)72-53-62(52-71(82)73(72)81)85-68-36-21-19-34-64(68)80(56-29-16-13-17-30-56)48-25-23-46-78(80,85)11/h12-21,26-44,49-53H,22-25,45-48H2,1-11H3. The van der Waals surface area contributed by atoms with Gasteiger partial charge in [-0.2, -0.15) is 0 Å². The van der Waals surface area contributed by atoms with E-state index in [0.29, 0.717) is 0 Å². The van der Waals surface area contributed by atoms with Crippen LogP contribution >= 0.6 is 0 Å². The van der Waals surface area contributed by atoms with Crippen molar-refractivity contribution in [2.45, 2.75) is 166 Å². The number of fused-ring (bicyclic) bond motifs is 10. The molecular formula is C80H83BN4. The maximum absolute atomic E-state index is 2.83. The highest BCUT2D eigenvalue weighted by Crippen LogP contribution is 2.66. The summed E-state index contributed by atoms with van der Waals surface area (Å²) >= 11 is 0. The Morgan fingerprint density at radius 3 is 1.35 bits per heavy atom. The maximum atomic E-state index is 2.83. The van der Waals surface area contributed by atoms with Gasteiger partial charge < -0.3 is 19.6 Å². The second-order valence-corrected chi connectivity index (χ2v) is 29.6. The average molecular weight is 1110 g/mol. The molecule has 426 valence electrons. The zero-order chi connectivity index (χ0) is 58.6. The first-order valence-corrected chi connectivity index (χ1v) is 32.0. The molecule has 4 unspecified atom stereocenters. The van der Waals surface area contributed by atoms with Crippen molar-refractivity contribution in [3.63, 3.8) is 0 Å². The Morgan fingerprint density at radius 1 is 0.329 bits per heavy atom. The van der Waals surface area contributed by atoms with Gasteiger partial charge in [0.1, 0.15) is 0 Å². The summed E-state index contributed by atoms with van der Waals surface area (Å²) in [6.07, 6.45) is 9.18. The molecule has 2 saturated carbocycles. The van der Waals surface area contributed by atoms with E-state index in [1.165, 1.54) is 138 Å². The van der Waals surface area contributed by atoms with Crippen LogP contribution in [0.1, 0.15) is 166 Å². The van der Waals surface area contributed by atoms with Crippen LogP contribution in [0, 0.1) is 0 Å². The van der Waals surface area contributed by atoms with Gasteiger partial charge in [0.15, 0.2) is 0 Å². The van der Waals surface area contributed by atoms with E-state index in [0.717, 1.165) is 25.7 Å². The molecule has 2 fully saturated rings. The van der Waals surface area contributed by atoms with Crippen molar-refractivity contribution in [3.8, 4) is 0 Å². The average Bonchev–Trinajstić information content (AvgIpc) is 1.74. The minimum atomic E-state index is -0.267. The fourth-order valence-electron chi connectivity index (χ4n) is 17.7. The number of nitrogens with zero attached hydrogens (tertiary/aromatic N) is 4. The van der Waals surface area contributed by atoms with Gasteiger partial charge in [-0.25, -0.2) is 0 Å². The summed E-state index contributed by atoms with van der Waals surface area (Å²) in [7, 11) is 0. The van der Waals surface area contributed by atoms with E-state index >= 15 is 0 Å². The second kappa shape index (κ2) is 18.9. The summed E-state index contributed by atoms with van der Waals surface area (Å²) in [5.41, 5.74) is 25.3. The SMILES string of the molecule is CC(C)(C)c1ccc(N2c3ccc(N4c5ccccc5C5(c6ccccc6)CCCCC45C)cc3B3c4ccc(C(C)(C)C)cc4N(c4cccc(C(C)(C)C)c4)c4cc(N5c6ccccc6C6(c7ccccc7)CCCCC56C)cc2c43)cc1. The zero-order valence-electron chi connectivity index (χ0n) is 52.2. The van der Waals surface area contributed by atoms with E-state index < -0.39 is 0 Å². The van der Waals surface area contributed by atoms with Gasteiger partial charge in [0, 0.05) is 67.7 Å². The quantitative estimate of drug-likeness (QED) is 0.154. The minimum Gasteiger partial charge on any atom is -0.334 e.